The van der Waals surface area contributed by atoms with Gasteiger partial charge in [-0.2, -0.15) is 0 Å². The summed E-state index contributed by atoms with van der Waals surface area (Å²) in [5.41, 5.74) is 3.25. The van der Waals surface area contributed by atoms with Gasteiger partial charge in [0.2, 0.25) is 0 Å². The molecule has 2 aromatic carbocycles. The highest BCUT2D eigenvalue weighted by molar-refractivity contribution is 9.10. The number of carbonyl (C=O) groups excluding carboxylic acids is 1. The molecule has 2 aromatic rings. The van der Waals surface area contributed by atoms with E-state index in [2.05, 4.69) is 33.0 Å². The zero-order valence-corrected chi connectivity index (χ0v) is 17.8. The highest BCUT2D eigenvalue weighted by atomic mass is 79.9. The predicted octanol–water partition coefficient (Wildman–Crippen LogP) is 5.11. The van der Waals surface area contributed by atoms with Gasteiger partial charge >= 0.3 is 0 Å². The number of rotatable bonds is 2. The van der Waals surface area contributed by atoms with Crippen LogP contribution in [0.15, 0.2) is 46.9 Å². The number of benzene rings is 2. The Kier molecular flexibility index (Phi) is 5.58. The molecule has 0 saturated carbocycles. The van der Waals surface area contributed by atoms with Gasteiger partial charge < -0.3 is 4.90 Å². The summed E-state index contributed by atoms with van der Waals surface area (Å²) in [5, 5.41) is 0.793. The van der Waals surface area contributed by atoms with Crippen molar-refractivity contribution in [2.75, 3.05) is 26.2 Å². The molecule has 27 heavy (non-hydrogen) atoms. The molecule has 0 bridgehead atoms. The lowest BCUT2D eigenvalue weighted by Gasteiger charge is -2.46. The summed E-state index contributed by atoms with van der Waals surface area (Å²) in [6, 6.07) is 14.7. The smallest absolute Gasteiger partial charge is 0.255 e. The fraction of sp³-hybridized carbons (Fsp3) is 0.409. The second-order valence-corrected chi connectivity index (χ2v) is 8.89. The van der Waals surface area contributed by atoms with Crippen molar-refractivity contribution in [1.29, 1.82) is 0 Å². The van der Waals surface area contributed by atoms with Gasteiger partial charge in [0.1, 0.15) is 0 Å². The molecule has 2 heterocycles. The molecule has 0 spiro atoms. The molecule has 0 aliphatic carbocycles. The van der Waals surface area contributed by atoms with Crippen molar-refractivity contribution in [3.05, 3.63) is 68.7 Å². The van der Waals surface area contributed by atoms with Crippen LogP contribution in [0, 0.1) is 6.92 Å². The minimum Gasteiger partial charge on any atom is -0.336 e. The Balaban J connectivity index is 1.42. The Hall–Kier alpha value is -1.36. The van der Waals surface area contributed by atoms with Crippen LogP contribution in [0.1, 0.15) is 40.2 Å². The van der Waals surface area contributed by atoms with Gasteiger partial charge in [-0.3, -0.25) is 9.69 Å². The molecule has 2 saturated heterocycles. The number of nitrogens with zero attached hydrogens (tertiary/aromatic N) is 2. The van der Waals surface area contributed by atoms with Crippen LogP contribution in [0.2, 0.25) is 5.02 Å². The van der Waals surface area contributed by atoms with Gasteiger partial charge in [-0.1, -0.05) is 35.9 Å². The third-order valence-electron chi connectivity index (χ3n) is 5.96. The fourth-order valence-electron chi connectivity index (χ4n) is 4.35. The number of fused-ring (bicyclic) bond motifs is 1. The minimum atomic E-state index is 0.144. The summed E-state index contributed by atoms with van der Waals surface area (Å²) in [4.78, 5) is 17.6. The second kappa shape index (κ2) is 7.94. The van der Waals surface area contributed by atoms with Crippen LogP contribution in [0.25, 0.3) is 0 Å². The maximum atomic E-state index is 13.0. The molecule has 0 unspecified atom stereocenters. The molecule has 2 atom stereocenters. The molecular formula is C22H24BrClN2O. The number of hydrogen-bond acceptors (Lipinski definition) is 2. The summed E-state index contributed by atoms with van der Waals surface area (Å²) >= 11 is 9.61. The van der Waals surface area contributed by atoms with Crippen molar-refractivity contribution >= 4 is 33.4 Å². The molecule has 4 rings (SSSR count). The third-order valence-corrected chi connectivity index (χ3v) is 7.26. The van der Waals surface area contributed by atoms with Crippen LogP contribution in [-0.4, -0.2) is 47.9 Å². The zero-order valence-electron chi connectivity index (χ0n) is 15.5. The Morgan fingerprint density at radius 3 is 2.63 bits per heavy atom. The normalized spacial score (nSPS) is 23.1. The Morgan fingerprint density at radius 2 is 1.85 bits per heavy atom. The van der Waals surface area contributed by atoms with E-state index in [1.54, 1.807) is 0 Å². The van der Waals surface area contributed by atoms with Crippen LogP contribution >= 0.6 is 27.5 Å². The maximum Gasteiger partial charge on any atom is 0.255 e. The van der Waals surface area contributed by atoms with Gasteiger partial charge in [0.25, 0.3) is 5.91 Å². The first-order valence-corrected chi connectivity index (χ1v) is 10.7. The van der Waals surface area contributed by atoms with Gasteiger partial charge in [-0.15, -0.1) is 0 Å². The van der Waals surface area contributed by atoms with Crippen LogP contribution in [-0.2, 0) is 0 Å². The Morgan fingerprint density at radius 1 is 1.07 bits per heavy atom. The SMILES string of the molecule is Cc1cccc(C(=O)N2CCN3C[C@@H](c4ccc(Cl)cc4)CC[C@@H]3C2)c1Br. The van der Waals surface area contributed by atoms with Gasteiger partial charge in [0.15, 0.2) is 0 Å². The molecule has 0 radical (unpaired) electrons. The number of hydrogen-bond donors (Lipinski definition) is 0. The average molecular weight is 448 g/mol. The van der Waals surface area contributed by atoms with E-state index in [4.69, 9.17) is 11.6 Å². The zero-order chi connectivity index (χ0) is 19.0. The highest BCUT2D eigenvalue weighted by Gasteiger charge is 2.35. The summed E-state index contributed by atoms with van der Waals surface area (Å²) < 4.78 is 0.920. The molecule has 1 amide bonds. The summed E-state index contributed by atoms with van der Waals surface area (Å²) in [6.45, 7) is 5.67. The maximum absolute atomic E-state index is 13.0. The number of piperidine rings is 1. The Labute approximate surface area is 174 Å². The number of carbonyl (C=O) groups is 1. The number of aryl methyl sites for hydroxylation is 1. The number of halogens is 2. The van der Waals surface area contributed by atoms with E-state index >= 15 is 0 Å². The van der Waals surface area contributed by atoms with Crippen molar-refractivity contribution in [2.45, 2.75) is 31.7 Å². The topological polar surface area (TPSA) is 23.6 Å². The van der Waals surface area contributed by atoms with Crippen molar-refractivity contribution in [3.63, 3.8) is 0 Å². The van der Waals surface area contributed by atoms with E-state index in [1.807, 2.05) is 42.2 Å². The molecule has 0 aromatic heterocycles. The molecule has 5 heteroatoms. The van der Waals surface area contributed by atoms with Crippen LogP contribution < -0.4 is 0 Å². The first-order valence-electron chi connectivity index (χ1n) is 9.57. The second-order valence-electron chi connectivity index (χ2n) is 7.66. The molecule has 2 aliphatic rings. The molecule has 2 aliphatic heterocycles. The third kappa shape index (κ3) is 3.94. The number of piperazine rings is 1. The van der Waals surface area contributed by atoms with Gasteiger partial charge in [0.05, 0.1) is 5.56 Å². The summed E-state index contributed by atoms with van der Waals surface area (Å²) in [6.07, 6.45) is 2.30. The highest BCUT2D eigenvalue weighted by Crippen LogP contribution is 2.33. The minimum absolute atomic E-state index is 0.144. The first-order chi connectivity index (χ1) is 13.0. The predicted molar refractivity (Wildman–Crippen MR) is 114 cm³/mol. The van der Waals surface area contributed by atoms with Crippen molar-refractivity contribution in [3.8, 4) is 0 Å². The van der Waals surface area contributed by atoms with Crippen LogP contribution in [0.4, 0.5) is 0 Å². The van der Waals surface area contributed by atoms with E-state index in [9.17, 15) is 4.79 Å². The van der Waals surface area contributed by atoms with E-state index in [0.717, 1.165) is 53.2 Å². The lowest BCUT2D eigenvalue weighted by atomic mass is 9.86. The Bertz CT molecular complexity index is 839. The molecule has 2 fully saturated rings. The molecular weight excluding hydrogens is 424 g/mol. The molecule has 3 nitrogen and oxygen atoms in total. The summed E-state index contributed by atoms with van der Waals surface area (Å²) in [5.74, 6) is 0.705. The van der Waals surface area contributed by atoms with E-state index in [1.165, 1.54) is 12.0 Å². The summed E-state index contributed by atoms with van der Waals surface area (Å²) in [7, 11) is 0. The number of amides is 1. The van der Waals surface area contributed by atoms with E-state index < -0.39 is 0 Å². The van der Waals surface area contributed by atoms with E-state index in [0.29, 0.717) is 12.0 Å². The molecule has 142 valence electrons. The molecule has 0 N–H and O–H groups in total. The van der Waals surface area contributed by atoms with E-state index in [-0.39, 0.29) is 5.91 Å². The standard InChI is InChI=1S/C22H24BrClN2O/c1-15-3-2-4-20(21(15)23)22(27)26-12-11-25-13-17(7-10-19(25)14-26)16-5-8-18(24)9-6-16/h2-6,8-9,17,19H,7,10-14H2,1H3/t17-,19+/m0/s1. The fourth-order valence-corrected chi connectivity index (χ4v) is 4.91. The van der Waals surface area contributed by atoms with Gasteiger partial charge in [-0.05, 0) is 70.9 Å². The van der Waals surface area contributed by atoms with Crippen LogP contribution in [0.5, 0.6) is 0 Å². The lowest BCUT2D eigenvalue weighted by Crippen LogP contribution is -2.57. The van der Waals surface area contributed by atoms with Crippen molar-refractivity contribution < 1.29 is 4.79 Å². The van der Waals surface area contributed by atoms with Crippen molar-refractivity contribution in [2.24, 2.45) is 0 Å². The van der Waals surface area contributed by atoms with Crippen LogP contribution in [0.3, 0.4) is 0 Å². The largest absolute Gasteiger partial charge is 0.336 e. The monoisotopic (exact) mass is 446 g/mol. The van der Waals surface area contributed by atoms with Crippen molar-refractivity contribution in [1.82, 2.24) is 9.80 Å². The quantitative estimate of drug-likeness (QED) is 0.638. The van der Waals surface area contributed by atoms with Gasteiger partial charge in [0, 0.05) is 41.7 Å². The average Bonchev–Trinajstić information content (AvgIpc) is 2.69. The van der Waals surface area contributed by atoms with Gasteiger partial charge in [-0.25, -0.2) is 0 Å². The first kappa shape index (κ1) is 19.0. The lowest BCUT2D eigenvalue weighted by molar-refractivity contribution is 0.0328.